The summed E-state index contributed by atoms with van der Waals surface area (Å²) in [7, 11) is 0. The fourth-order valence-corrected chi connectivity index (χ4v) is 4.52. The summed E-state index contributed by atoms with van der Waals surface area (Å²) < 4.78 is 7.71. The Morgan fingerprint density at radius 3 is 2.55 bits per heavy atom. The molecule has 162 valence electrons. The van der Waals surface area contributed by atoms with Gasteiger partial charge in [0.05, 0.1) is 23.6 Å². The summed E-state index contributed by atoms with van der Waals surface area (Å²) in [6, 6.07) is 16.0. The van der Waals surface area contributed by atoms with Crippen molar-refractivity contribution in [2.45, 2.75) is 38.1 Å². The van der Waals surface area contributed by atoms with E-state index in [1.165, 1.54) is 11.8 Å². The Morgan fingerprint density at radius 2 is 1.84 bits per heavy atom. The van der Waals surface area contributed by atoms with E-state index in [1.807, 2.05) is 60.0 Å². The number of amides is 1. The second-order valence-corrected chi connectivity index (χ2v) is 8.76. The minimum atomic E-state index is -0.0781. The van der Waals surface area contributed by atoms with Crippen molar-refractivity contribution in [2.75, 3.05) is 29.1 Å². The van der Waals surface area contributed by atoms with Gasteiger partial charge >= 0.3 is 0 Å². The molecule has 0 radical (unpaired) electrons. The zero-order valence-electron chi connectivity index (χ0n) is 18.0. The lowest BCUT2D eigenvalue weighted by atomic mass is 10.2. The third-order valence-electron chi connectivity index (χ3n) is 5.16. The summed E-state index contributed by atoms with van der Waals surface area (Å²) in [5, 5.41) is 11.8. The average Bonchev–Trinajstić information content (AvgIpc) is 3.21. The van der Waals surface area contributed by atoms with Gasteiger partial charge in [0.25, 0.3) is 0 Å². The Bertz CT molecular complexity index is 1030. The van der Waals surface area contributed by atoms with E-state index in [2.05, 4.69) is 34.3 Å². The van der Waals surface area contributed by atoms with E-state index in [4.69, 9.17) is 4.74 Å². The topological polar surface area (TPSA) is 72.3 Å². The number of aryl methyl sites for hydroxylation is 1. The summed E-state index contributed by atoms with van der Waals surface area (Å²) in [6.07, 6.45) is 2.10. The van der Waals surface area contributed by atoms with Crippen molar-refractivity contribution in [1.82, 2.24) is 14.8 Å². The molecule has 4 rings (SSSR count). The number of anilines is 2. The average molecular weight is 438 g/mol. The maximum Gasteiger partial charge on any atom is 0.234 e. The molecule has 0 spiro atoms. The number of morpholine rings is 1. The minimum Gasteiger partial charge on any atom is -0.372 e. The number of benzene rings is 2. The van der Waals surface area contributed by atoms with Crippen molar-refractivity contribution in [2.24, 2.45) is 0 Å². The van der Waals surface area contributed by atoms with E-state index in [9.17, 15) is 4.79 Å². The van der Waals surface area contributed by atoms with Crippen molar-refractivity contribution < 1.29 is 9.53 Å². The molecular formula is C23H27N5O2S. The van der Waals surface area contributed by atoms with Crippen LogP contribution in [0.1, 0.15) is 19.4 Å². The zero-order chi connectivity index (χ0) is 21.8. The quantitative estimate of drug-likeness (QED) is 0.590. The highest BCUT2D eigenvalue weighted by atomic mass is 32.2. The lowest BCUT2D eigenvalue weighted by Gasteiger charge is -2.36. The van der Waals surface area contributed by atoms with Gasteiger partial charge in [0.1, 0.15) is 6.33 Å². The maximum absolute atomic E-state index is 12.5. The lowest BCUT2D eigenvalue weighted by Crippen LogP contribution is -2.45. The summed E-state index contributed by atoms with van der Waals surface area (Å²) in [5.74, 6) is 0.177. The van der Waals surface area contributed by atoms with Gasteiger partial charge in [-0.2, -0.15) is 0 Å². The number of hydrogen-bond acceptors (Lipinski definition) is 6. The van der Waals surface area contributed by atoms with Crippen LogP contribution in [0.15, 0.2) is 60.0 Å². The van der Waals surface area contributed by atoms with Crippen LogP contribution in [-0.4, -0.2) is 51.7 Å². The first-order valence-corrected chi connectivity index (χ1v) is 11.4. The van der Waals surface area contributed by atoms with Gasteiger partial charge in [-0.25, -0.2) is 0 Å². The van der Waals surface area contributed by atoms with Crippen LogP contribution < -0.4 is 10.2 Å². The van der Waals surface area contributed by atoms with Crippen molar-refractivity contribution in [3.63, 3.8) is 0 Å². The molecule has 0 saturated carbocycles. The largest absolute Gasteiger partial charge is 0.372 e. The lowest BCUT2D eigenvalue weighted by molar-refractivity contribution is -0.113. The number of nitrogens with one attached hydrogen (secondary N) is 1. The molecule has 1 amide bonds. The highest BCUT2D eigenvalue weighted by Gasteiger charge is 2.22. The number of thioether (sulfide) groups is 1. The molecule has 1 aliphatic heterocycles. The fraction of sp³-hybridized carbons (Fsp3) is 0.348. The summed E-state index contributed by atoms with van der Waals surface area (Å²) in [6.45, 7) is 7.96. The van der Waals surface area contributed by atoms with Crippen molar-refractivity contribution >= 4 is 29.0 Å². The monoisotopic (exact) mass is 437 g/mol. The molecule has 2 heterocycles. The smallest absolute Gasteiger partial charge is 0.234 e. The molecule has 1 aliphatic rings. The van der Waals surface area contributed by atoms with Crippen LogP contribution in [0.5, 0.6) is 0 Å². The molecular weight excluding hydrogens is 410 g/mol. The third kappa shape index (κ3) is 5.26. The predicted octanol–water partition coefficient (Wildman–Crippen LogP) is 3.92. The van der Waals surface area contributed by atoms with Crippen LogP contribution in [0.25, 0.3) is 5.69 Å². The van der Waals surface area contributed by atoms with E-state index in [-0.39, 0.29) is 23.9 Å². The number of carbonyl (C=O) groups is 1. The van der Waals surface area contributed by atoms with Crippen molar-refractivity contribution in [3.05, 3.63) is 60.4 Å². The molecule has 1 aromatic heterocycles. The Hall–Kier alpha value is -2.84. The Balaban J connectivity index is 1.34. The molecule has 1 fully saturated rings. The first-order valence-electron chi connectivity index (χ1n) is 10.4. The van der Waals surface area contributed by atoms with Gasteiger partial charge in [-0.1, -0.05) is 30.0 Å². The zero-order valence-corrected chi connectivity index (χ0v) is 18.8. The van der Waals surface area contributed by atoms with Crippen LogP contribution in [0.3, 0.4) is 0 Å². The SMILES string of the molecule is Cc1ccccc1-n1cnnc1SCC(=O)Nc1ccc(N2CC(C)OC(C)C2)cc1. The van der Waals surface area contributed by atoms with Gasteiger partial charge in [0.15, 0.2) is 5.16 Å². The molecule has 0 bridgehead atoms. The molecule has 1 N–H and O–H groups in total. The predicted molar refractivity (Wildman–Crippen MR) is 124 cm³/mol. The summed E-state index contributed by atoms with van der Waals surface area (Å²) >= 11 is 1.37. The first kappa shape index (κ1) is 21.4. The summed E-state index contributed by atoms with van der Waals surface area (Å²) in [4.78, 5) is 14.8. The van der Waals surface area contributed by atoms with Crippen LogP contribution in [0.4, 0.5) is 11.4 Å². The van der Waals surface area contributed by atoms with E-state index in [0.29, 0.717) is 5.16 Å². The molecule has 3 aromatic rings. The number of carbonyl (C=O) groups excluding carboxylic acids is 1. The van der Waals surface area contributed by atoms with Gasteiger partial charge in [-0.15, -0.1) is 10.2 Å². The second kappa shape index (κ2) is 9.53. The number of aromatic nitrogens is 3. The molecule has 8 heteroatoms. The second-order valence-electron chi connectivity index (χ2n) is 7.82. The first-order chi connectivity index (χ1) is 15.0. The number of ether oxygens (including phenoxy) is 1. The Morgan fingerprint density at radius 1 is 1.13 bits per heavy atom. The Labute approximate surface area is 186 Å². The van der Waals surface area contributed by atoms with Gasteiger partial charge < -0.3 is 15.0 Å². The van der Waals surface area contributed by atoms with Crippen LogP contribution in [0.2, 0.25) is 0 Å². The Kier molecular flexibility index (Phi) is 6.58. The molecule has 2 unspecified atom stereocenters. The van der Waals surface area contributed by atoms with Crippen molar-refractivity contribution in [1.29, 1.82) is 0 Å². The van der Waals surface area contributed by atoms with E-state index >= 15 is 0 Å². The van der Waals surface area contributed by atoms with Crippen LogP contribution in [0, 0.1) is 6.92 Å². The van der Waals surface area contributed by atoms with Gasteiger partial charge in [-0.3, -0.25) is 9.36 Å². The molecule has 2 aromatic carbocycles. The highest BCUT2D eigenvalue weighted by molar-refractivity contribution is 7.99. The third-order valence-corrected chi connectivity index (χ3v) is 6.10. The fourth-order valence-electron chi connectivity index (χ4n) is 3.79. The van der Waals surface area contributed by atoms with Gasteiger partial charge in [0, 0.05) is 24.5 Å². The number of para-hydroxylation sites is 1. The maximum atomic E-state index is 12.5. The van der Waals surface area contributed by atoms with Crippen LogP contribution >= 0.6 is 11.8 Å². The summed E-state index contributed by atoms with van der Waals surface area (Å²) in [5.41, 5.74) is 4.06. The number of rotatable bonds is 6. The number of nitrogens with zero attached hydrogens (tertiary/aromatic N) is 4. The molecule has 7 nitrogen and oxygen atoms in total. The van der Waals surface area contributed by atoms with Gasteiger partial charge in [-0.05, 0) is 56.7 Å². The van der Waals surface area contributed by atoms with Crippen LogP contribution in [-0.2, 0) is 9.53 Å². The standard InChI is InChI=1S/C23H27N5O2S/c1-16-6-4-5-7-21(16)28-15-24-26-23(28)31-14-22(29)25-19-8-10-20(11-9-19)27-12-17(2)30-18(3)13-27/h4-11,15,17-18H,12-14H2,1-3H3,(H,25,29). The van der Waals surface area contributed by atoms with Crippen molar-refractivity contribution in [3.8, 4) is 5.69 Å². The van der Waals surface area contributed by atoms with E-state index < -0.39 is 0 Å². The molecule has 31 heavy (non-hydrogen) atoms. The normalized spacial score (nSPS) is 18.7. The highest BCUT2D eigenvalue weighted by Crippen LogP contribution is 2.24. The van der Waals surface area contributed by atoms with E-state index in [1.54, 1.807) is 6.33 Å². The molecule has 2 atom stereocenters. The number of hydrogen-bond donors (Lipinski definition) is 1. The minimum absolute atomic E-state index is 0.0781. The van der Waals surface area contributed by atoms with Gasteiger partial charge in [0.2, 0.25) is 5.91 Å². The molecule has 0 aliphatic carbocycles. The van der Waals surface area contributed by atoms with E-state index in [0.717, 1.165) is 35.7 Å². The molecule has 1 saturated heterocycles.